The van der Waals surface area contributed by atoms with Gasteiger partial charge in [-0.05, 0) is 41.3 Å². The number of nitrogens with zero attached hydrogens (tertiary/aromatic N) is 3. The van der Waals surface area contributed by atoms with Crippen molar-refractivity contribution in [2.75, 3.05) is 51.3 Å². The molecule has 1 aliphatic rings. The SMILES string of the molecule is O=C(CN(CCN1CCOCC1)C(=O)Nc1ccccc1C(F)(F)F)N(Cc1ccc(F)cc1)Cc1cccs1. The maximum atomic E-state index is 13.6. The van der Waals surface area contributed by atoms with Crippen LogP contribution in [-0.4, -0.2) is 72.6 Å². The molecule has 40 heavy (non-hydrogen) atoms. The van der Waals surface area contributed by atoms with Gasteiger partial charge in [-0.1, -0.05) is 30.3 Å². The Morgan fingerprint density at radius 3 is 2.35 bits per heavy atom. The zero-order valence-corrected chi connectivity index (χ0v) is 22.5. The van der Waals surface area contributed by atoms with E-state index >= 15 is 0 Å². The summed E-state index contributed by atoms with van der Waals surface area (Å²) in [5.74, 6) is -0.788. The van der Waals surface area contributed by atoms with Gasteiger partial charge in [-0.2, -0.15) is 13.2 Å². The molecule has 0 atom stereocenters. The summed E-state index contributed by atoms with van der Waals surface area (Å²) in [4.78, 5) is 32.7. The van der Waals surface area contributed by atoms with Crippen LogP contribution in [0.3, 0.4) is 0 Å². The van der Waals surface area contributed by atoms with Crippen LogP contribution in [0.1, 0.15) is 16.0 Å². The highest BCUT2D eigenvalue weighted by Crippen LogP contribution is 2.34. The average Bonchev–Trinajstić information content (AvgIpc) is 3.45. The summed E-state index contributed by atoms with van der Waals surface area (Å²) in [5, 5.41) is 4.25. The Kier molecular flexibility index (Phi) is 10.1. The zero-order chi connectivity index (χ0) is 28.5. The number of ether oxygens (including phenoxy) is 1. The quantitative estimate of drug-likeness (QED) is 0.332. The van der Waals surface area contributed by atoms with E-state index in [4.69, 9.17) is 4.74 Å². The first-order chi connectivity index (χ1) is 19.2. The third-order valence-electron chi connectivity index (χ3n) is 6.44. The summed E-state index contributed by atoms with van der Waals surface area (Å²) in [6, 6.07) is 13.4. The number of urea groups is 1. The molecule has 0 bridgehead atoms. The van der Waals surface area contributed by atoms with Crippen LogP contribution in [0.2, 0.25) is 0 Å². The van der Waals surface area contributed by atoms with Crippen molar-refractivity contribution in [3.8, 4) is 0 Å². The highest BCUT2D eigenvalue weighted by Gasteiger charge is 2.34. The predicted octanol–water partition coefficient (Wildman–Crippen LogP) is 5.30. The zero-order valence-electron chi connectivity index (χ0n) is 21.7. The van der Waals surface area contributed by atoms with E-state index in [0.29, 0.717) is 38.4 Å². The normalized spacial score (nSPS) is 14.1. The van der Waals surface area contributed by atoms with Gasteiger partial charge in [0.25, 0.3) is 0 Å². The molecule has 1 aromatic heterocycles. The molecule has 0 spiro atoms. The van der Waals surface area contributed by atoms with E-state index in [2.05, 4.69) is 10.2 Å². The Morgan fingerprint density at radius 1 is 0.950 bits per heavy atom. The molecule has 0 aliphatic carbocycles. The van der Waals surface area contributed by atoms with E-state index in [-0.39, 0.29) is 37.8 Å². The number of thiophene rings is 1. The van der Waals surface area contributed by atoms with E-state index in [1.54, 1.807) is 17.0 Å². The van der Waals surface area contributed by atoms with E-state index < -0.39 is 23.6 Å². The summed E-state index contributed by atoms with van der Waals surface area (Å²) in [6.45, 7) is 3.01. The highest BCUT2D eigenvalue weighted by molar-refractivity contribution is 7.09. The lowest BCUT2D eigenvalue weighted by atomic mass is 10.1. The molecule has 2 aromatic carbocycles. The lowest BCUT2D eigenvalue weighted by molar-refractivity contribution is -0.137. The summed E-state index contributed by atoms with van der Waals surface area (Å²) >= 11 is 1.47. The summed E-state index contributed by atoms with van der Waals surface area (Å²) < 4.78 is 59.5. The molecule has 12 heteroatoms. The van der Waals surface area contributed by atoms with Gasteiger partial charge in [0, 0.05) is 37.6 Å². The second-order valence-electron chi connectivity index (χ2n) is 9.30. The van der Waals surface area contributed by atoms with Crippen molar-refractivity contribution < 1.29 is 31.9 Å². The molecule has 1 fully saturated rings. The fraction of sp³-hybridized carbons (Fsp3) is 0.357. The van der Waals surface area contributed by atoms with Gasteiger partial charge in [0.2, 0.25) is 5.91 Å². The predicted molar refractivity (Wildman–Crippen MR) is 144 cm³/mol. The molecule has 1 N–H and O–H groups in total. The first-order valence-corrected chi connectivity index (χ1v) is 13.6. The molecule has 7 nitrogen and oxygen atoms in total. The molecule has 0 unspecified atom stereocenters. The van der Waals surface area contributed by atoms with Gasteiger partial charge >= 0.3 is 12.2 Å². The number of amides is 3. The fourth-order valence-corrected chi connectivity index (χ4v) is 4.99. The molecule has 0 radical (unpaired) electrons. The maximum Gasteiger partial charge on any atom is 0.418 e. The number of halogens is 4. The van der Waals surface area contributed by atoms with Gasteiger partial charge in [0.05, 0.1) is 31.0 Å². The van der Waals surface area contributed by atoms with Gasteiger partial charge in [0.15, 0.2) is 0 Å². The Labute approximate surface area is 233 Å². The van der Waals surface area contributed by atoms with E-state index in [1.807, 2.05) is 17.5 Å². The van der Waals surface area contributed by atoms with Crippen LogP contribution in [0, 0.1) is 5.82 Å². The summed E-state index contributed by atoms with van der Waals surface area (Å²) in [5.41, 5.74) is -0.654. The standard InChI is InChI=1S/C28H30F4N4O3S/c29-22-9-7-21(8-10-22)18-36(19-23-4-3-17-40-23)26(37)20-35(12-11-34-13-15-39-16-14-34)27(38)33-25-6-2-1-5-24(25)28(30,31)32/h1-10,17H,11-16,18-20H2,(H,33,38). The number of para-hydroxylation sites is 1. The Morgan fingerprint density at radius 2 is 1.68 bits per heavy atom. The lowest BCUT2D eigenvalue weighted by Crippen LogP contribution is -2.48. The maximum absolute atomic E-state index is 13.6. The Bertz CT molecular complexity index is 1250. The third kappa shape index (κ3) is 8.51. The van der Waals surface area contributed by atoms with E-state index in [0.717, 1.165) is 10.9 Å². The highest BCUT2D eigenvalue weighted by atomic mass is 32.1. The monoisotopic (exact) mass is 578 g/mol. The molecule has 4 rings (SSSR count). The van der Waals surface area contributed by atoms with Gasteiger partial charge in [0.1, 0.15) is 12.4 Å². The van der Waals surface area contributed by atoms with Crippen LogP contribution in [0.5, 0.6) is 0 Å². The molecule has 3 amide bonds. The second-order valence-corrected chi connectivity index (χ2v) is 10.3. The number of rotatable bonds is 10. The third-order valence-corrected chi connectivity index (χ3v) is 7.30. The van der Waals surface area contributed by atoms with Crippen molar-refractivity contribution in [2.45, 2.75) is 19.3 Å². The van der Waals surface area contributed by atoms with Crippen molar-refractivity contribution >= 4 is 29.0 Å². The Hall–Kier alpha value is -3.48. The van der Waals surface area contributed by atoms with Gasteiger partial charge in [-0.15, -0.1) is 11.3 Å². The van der Waals surface area contributed by atoms with Crippen LogP contribution in [-0.2, 0) is 28.8 Å². The first kappa shape index (κ1) is 29.5. The van der Waals surface area contributed by atoms with Crippen molar-refractivity contribution in [2.24, 2.45) is 0 Å². The number of hydrogen-bond donors (Lipinski definition) is 1. The smallest absolute Gasteiger partial charge is 0.379 e. The summed E-state index contributed by atoms with van der Waals surface area (Å²) in [7, 11) is 0. The van der Waals surface area contributed by atoms with Gasteiger partial charge < -0.3 is 19.9 Å². The van der Waals surface area contributed by atoms with Gasteiger partial charge in [-0.3, -0.25) is 9.69 Å². The second kappa shape index (κ2) is 13.7. The van der Waals surface area contributed by atoms with Crippen molar-refractivity contribution in [3.05, 3.63) is 87.9 Å². The van der Waals surface area contributed by atoms with Crippen LogP contribution in [0.15, 0.2) is 66.0 Å². The molecular weight excluding hydrogens is 548 g/mol. The van der Waals surface area contributed by atoms with Crippen LogP contribution >= 0.6 is 11.3 Å². The number of carbonyl (C=O) groups excluding carboxylic acids is 2. The fourth-order valence-electron chi connectivity index (χ4n) is 4.27. The minimum Gasteiger partial charge on any atom is -0.379 e. The molecule has 0 saturated carbocycles. The van der Waals surface area contributed by atoms with Crippen molar-refractivity contribution in [3.63, 3.8) is 0 Å². The molecule has 2 heterocycles. The number of carbonyl (C=O) groups is 2. The number of anilines is 1. The number of hydrogen-bond acceptors (Lipinski definition) is 5. The number of benzene rings is 2. The van der Waals surface area contributed by atoms with Crippen LogP contribution < -0.4 is 5.32 Å². The molecule has 1 saturated heterocycles. The first-order valence-electron chi connectivity index (χ1n) is 12.8. The van der Waals surface area contributed by atoms with Crippen LogP contribution in [0.4, 0.5) is 28.0 Å². The van der Waals surface area contributed by atoms with Crippen molar-refractivity contribution in [1.82, 2.24) is 14.7 Å². The topological polar surface area (TPSA) is 65.1 Å². The van der Waals surface area contributed by atoms with Crippen LogP contribution in [0.25, 0.3) is 0 Å². The summed E-state index contributed by atoms with van der Waals surface area (Å²) in [6.07, 6.45) is -4.66. The minimum atomic E-state index is -4.66. The average molecular weight is 579 g/mol. The molecule has 214 valence electrons. The number of nitrogens with one attached hydrogen (secondary N) is 1. The Balaban J connectivity index is 1.53. The minimum absolute atomic E-state index is 0.120. The van der Waals surface area contributed by atoms with E-state index in [9.17, 15) is 27.2 Å². The number of alkyl halides is 3. The molecule has 3 aromatic rings. The van der Waals surface area contributed by atoms with Crippen molar-refractivity contribution in [1.29, 1.82) is 0 Å². The largest absolute Gasteiger partial charge is 0.418 e. The molecular formula is C28H30F4N4O3S. The number of morpholine rings is 1. The molecule has 1 aliphatic heterocycles. The van der Waals surface area contributed by atoms with Gasteiger partial charge in [-0.25, -0.2) is 9.18 Å². The van der Waals surface area contributed by atoms with E-state index in [1.165, 1.54) is 46.6 Å². The lowest BCUT2D eigenvalue weighted by Gasteiger charge is -2.31.